The van der Waals surface area contributed by atoms with Crippen LogP contribution in [-0.4, -0.2) is 46.1 Å². The van der Waals surface area contributed by atoms with E-state index in [0.717, 1.165) is 26.2 Å². The van der Waals surface area contributed by atoms with E-state index in [2.05, 4.69) is 29.7 Å². The standard InChI is InChI=1S/C15H19N3S.C14H17N3S.4C2H6/c1-4-8-18(9-5-1)14-13-11-6-2-3-7-12(11)19-15(13)17-10-16-14;1-2-7-17(8-3-1)13-12-10-5-4-6-11(10)18-14(12)16-9-15-13;4*1-2/h10H,1-9H2;9H,1-8H2;4*1-2H3. The summed E-state index contributed by atoms with van der Waals surface area (Å²) in [6.45, 7) is 20.7. The van der Waals surface area contributed by atoms with E-state index in [4.69, 9.17) is 0 Å². The molecule has 2 aliphatic carbocycles. The second kappa shape index (κ2) is 20.0. The van der Waals surface area contributed by atoms with Crippen LogP contribution in [0.5, 0.6) is 0 Å². The van der Waals surface area contributed by atoms with E-state index in [1.165, 1.54) is 116 Å². The Morgan fingerprint density at radius 3 is 1.27 bits per heavy atom. The first-order chi connectivity index (χ1) is 22.4. The van der Waals surface area contributed by atoms with E-state index in [-0.39, 0.29) is 0 Å². The van der Waals surface area contributed by atoms with Crippen molar-refractivity contribution >= 4 is 54.7 Å². The van der Waals surface area contributed by atoms with Crippen molar-refractivity contribution in [3.63, 3.8) is 0 Å². The van der Waals surface area contributed by atoms with Crippen molar-refractivity contribution in [3.05, 3.63) is 33.5 Å². The van der Waals surface area contributed by atoms with Crippen molar-refractivity contribution in [1.29, 1.82) is 0 Å². The number of fused-ring (bicyclic) bond motifs is 6. The first-order valence-electron chi connectivity index (χ1n) is 18.4. The van der Waals surface area contributed by atoms with E-state index in [1.807, 2.05) is 78.1 Å². The van der Waals surface area contributed by atoms with Gasteiger partial charge in [0.2, 0.25) is 0 Å². The highest BCUT2D eigenvalue weighted by Crippen LogP contribution is 2.41. The fraction of sp³-hybridized carbons (Fsp3) is 0.676. The highest BCUT2D eigenvalue weighted by atomic mass is 32.1. The number of nitrogens with zero attached hydrogens (tertiary/aromatic N) is 6. The van der Waals surface area contributed by atoms with Gasteiger partial charge in [-0.25, -0.2) is 19.9 Å². The zero-order chi connectivity index (χ0) is 32.6. The van der Waals surface area contributed by atoms with Crippen molar-refractivity contribution in [2.24, 2.45) is 0 Å². The topological polar surface area (TPSA) is 58.0 Å². The molecule has 0 N–H and O–H groups in total. The fourth-order valence-electron chi connectivity index (χ4n) is 6.68. The molecular weight excluding hydrogens is 593 g/mol. The molecule has 0 atom stereocenters. The molecule has 0 unspecified atom stereocenters. The van der Waals surface area contributed by atoms with Crippen molar-refractivity contribution < 1.29 is 0 Å². The minimum atomic E-state index is 1.16. The molecular formula is C37H60N6S2. The summed E-state index contributed by atoms with van der Waals surface area (Å²) in [5.74, 6) is 2.42. The van der Waals surface area contributed by atoms with Gasteiger partial charge in [-0.3, -0.25) is 0 Å². The molecule has 0 bridgehead atoms. The predicted molar refractivity (Wildman–Crippen MR) is 201 cm³/mol. The minimum Gasteiger partial charge on any atom is -0.356 e. The molecule has 6 heterocycles. The van der Waals surface area contributed by atoms with Gasteiger partial charge in [-0.1, -0.05) is 55.4 Å². The molecule has 0 spiro atoms. The normalized spacial score (nSPS) is 16.6. The Balaban J connectivity index is 0.000000202. The van der Waals surface area contributed by atoms with Gasteiger partial charge in [-0.2, -0.15) is 0 Å². The highest BCUT2D eigenvalue weighted by molar-refractivity contribution is 7.19. The molecule has 4 aliphatic rings. The number of piperidine rings is 2. The van der Waals surface area contributed by atoms with E-state index in [1.54, 1.807) is 33.5 Å². The first-order valence-corrected chi connectivity index (χ1v) is 20.0. The molecule has 4 aromatic rings. The average Bonchev–Trinajstić information content (AvgIpc) is 3.86. The first kappa shape index (κ1) is 37.1. The molecule has 0 radical (unpaired) electrons. The lowest BCUT2D eigenvalue weighted by Gasteiger charge is -2.28. The highest BCUT2D eigenvalue weighted by Gasteiger charge is 2.25. The smallest absolute Gasteiger partial charge is 0.141 e. The van der Waals surface area contributed by atoms with Crippen LogP contribution in [0.2, 0.25) is 0 Å². The fourth-order valence-corrected chi connectivity index (χ4v) is 9.12. The number of thiophene rings is 2. The average molecular weight is 653 g/mol. The van der Waals surface area contributed by atoms with Gasteiger partial charge in [0, 0.05) is 35.9 Å². The second-order valence-electron chi connectivity index (χ2n) is 10.9. The molecule has 0 aromatic carbocycles. The summed E-state index contributed by atoms with van der Waals surface area (Å²) < 4.78 is 0. The van der Waals surface area contributed by atoms with E-state index in [0.29, 0.717) is 0 Å². The van der Waals surface area contributed by atoms with Gasteiger partial charge >= 0.3 is 0 Å². The number of rotatable bonds is 2. The van der Waals surface area contributed by atoms with Gasteiger partial charge in [0.15, 0.2) is 0 Å². The molecule has 2 saturated heterocycles. The second-order valence-corrected chi connectivity index (χ2v) is 13.1. The van der Waals surface area contributed by atoms with Crippen LogP contribution in [-0.2, 0) is 25.7 Å². The third-order valence-electron chi connectivity index (χ3n) is 8.52. The Morgan fingerprint density at radius 1 is 0.444 bits per heavy atom. The Morgan fingerprint density at radius 2 is 0.822 bits per heavy atom. The van der Waals surface area contributed by atoms with Crippen molar-refractivity contribution in [2.75, 3.05) is 36.0 Å². The molecule has 8 rings (SSSR count). The largest absolute Gasteiger partial charge is 0.356 e. The number of anilines is 2. The van der Waals surface area contributed by atoms with Crippen LogP contribution in [0.15, 0.2) is 12.7 Å². The summed E-state index contributed by atoms with van der Waals surface area (Å²) in [7, 11) is 0. The van der Waals surface area contributed by atoms with Crippen molar-refractivity contribution in [2.45, 2.75) is 139 Å². The molecule has 4 aromatic heterocycles. The van der Waals surface area contributed by atoms with Crippen LogP contribution in [0, 0.1) is 0 Å². The van der Waals surface area contributed by atoms with Crippen molar-refractivity contribution in [1.82, 2.24) is 19.9 Å². The summed E-state index contributed by atoms with van der Waals surface area (Å²) in [6.07, 6.45) is 20.4. The molecule has 8 heteroatoms. The van der Waals surface area contributed by atoms with Gasteiger partial charge in [0.1, 0.15) is 34.0 Å². The monoisotopic (exact) mass is 652 g/mol. The number of hydrogen-bond donors (Lipinski definition) is 0. The van der Waals surface area contributed by atoms with Gasteiger partial charge in [-0.05, 0) is 94.6 Å². The summed E-state index contributed by atoms with van der Waals surface area (Å²) in [4.78, 5) is 28.7. The predicted octanol–water partition coefficient (Wildman–Crippen LogP) is 10.8. The minimum absolute atomic E-state index is 1.16. The molecule has 45 heavy (non-hydrogen) atoms. The summed E-state index contributed by atoms with van der Waals surface area (Å²) in [6, 6.07) is 0. The van der Waals surface area contributed by atoms with E-state index >= 15 is 0 Å². The maximum absolute atomic E-state index is 4.63. The Labute approximate surface area is 282 Å². The van der Waals surface area contributed by atoms with E-state index < -0.39 is 0 Å². The van der Waals surface area contributed by atoms with Gasteiger partial charge in [0.25, 0.3) is 0 Å². The van der Waals surface area contributed by atoms with Crippen LogP contribution in [0.25, 0.3) is 20.4 Å². The maximum Gasteiger partial charge on any atom is 0.141 e. The van der Waals surface area contributed by atoms with Crippen LogP contribution in [0.3, 0.4) is 0 Å². The quantitative estimate of drug-likeness (QED) is 0.215. The maximum atomic E-state index is 4.63. The Hall–Kier alpha value is -2.32. The van der Waals surface area contributed by atoms with Crippen LogP contribution in [0.4, 0.5) is 11.6 Å². The molecule has 250 valence electrons. The molecule has 0 amide bonds. The third-order valence-corrected chi connectivity index (χ3v) is 10.9. The zero-order valence-electron chi connectivity index (χ0n) is 29.7. The van der Waals surface area contributed by atoms with E-state index in [9.17, 15) is 0 Å². The van der Waals surface area contributed by atoms with Crippen LogP contribution in [0.1, 0.15) is 134 Å². The van der Waals surface area contributed by atoms with Crippen LogP contribution < -0.4 is 9.80 Å². The lowest BCUT2D eigenvalue weighted by molar-refractivity contribution is 0.574. The molecule has 2 fully saturated rings. The number of hydrogen-bond acceptors (Lipinski definition) is 8. The summed E-state index contributed by atoms with van der Waals surface area (Å²) in [5, 5.41) is 2.75. The summed E-state index contributed by atoms with van der Waals surface area (Å²) >= 11 is 3.79. The molecule has 6 nitrogen and oxygen atoms in total. The number of aromatic nitrogens is 4. The number of aryl methyl sites for hydroxylation is 4. The van der Waals surface area contributed by atoms with Crippen LogP contribution >= 0.6 is 22.7 Å². The van der Waals surface area contributed by atoms with Gasteiger partial charge in [0.05, 0.1) is 10.8 Å². The third kappa shape index (κ3) is 8.73. The lowest BCUT2D eigenvalue weighted by atomic mass is 9.96. The van der Waals surface area contributed by atoms with Gasteiger partial charge in [-0.15, -0.1) is 22.7 Å². The zero-order valence-corrected chi connectivity index (χ0v) is 31.3. The van der Waals surface area contributed by atoms with Crippen molar-refractivity contribution in [3.8, 4) is 0 Å². The molecule has 0 saturated carbocycles. The SMILES string of the molecule is CC.CC.CC.CC.c1nc(N2CCCCC2)c2c3c(sc2n1)CCC3.c1nc(N2CCCCC2)c2c3c(sc2n1)CCCC3. The lowest BCUT2D eigenvalue weighted by Crippen LogP contribution is -2.30. The Bertz CT molecular complexity index is 1400. The molecule has 2 aliphatic heterocycles. The summed E-state index contributed by atoms with van der Waals surface area (Å²) in [5.41, 5.74) is 3.11. The Kier molecular flexibility index (Phi) is 16.5. The van der Waals surface area contributed by atoms with Gasteiger partial charge < -0.3 is 9.80 Å².